The molecule has 0 saturated carbocycles. The van der Waals surface area contributed by atoms with Gasteiger partial charge in [0, 0.05) is 35.5 Å². The number of hydrogen-bond donors (Lipinski definition) is 3. The topological polar surface area (TPSA) is 146 Å². The number of anilines is 2. The fourth-order valence-electron chi connectivity index (χ4n) is 5.37. The zero-order valence-electron chi connectivity index (χ0n) is 21.5. The summed E-state index contributed by atoms with van der Waals surface area (Å²) in [5.74, 6) is -0.986. The van der Waals surface area contributed by atoms with Crippen LogP contribution >= 0.6 is 11.6 Å². The van der Waals surface area contributed by atoms with Gasteiger partial charge in [-0.3, -0.25) is 14.9 Å². The molecule has 3 aliphatic heterocycles. The Morgan fingerprint density at radius 2 is 1.88 bits per heavy atom. The van der Waals surface area contributed by atoms with Crippen molar-refractivity contribution in [2.24, 2.45) is 4.40 Å². The van der Waals surface area contributed by atoms with Crippen LogP contribution in [-0.2, 0) is 31.6 Å². The van der Waals surface area contributed by atoms with Gasteiger partial charge in [0.1, 0.15) is 17.3 Å². The van der Waals surface area contributed by atoms with Crippen LogP contribution in [0.3, 0.4) is 0 Å². The molecule has 3 N–H and O–H groups in total. The smallest absolute Gasteiger partial charge is 0.412 e. The van der Waals surface area contributed by atoms with Crippen LogP contribution in [0.2, 0.25) is 5.02 Å². The molecular weight excluding hydrogens is 570 g/mol. The number of sulfonamides is 1. The highest BCUT2D eigenvalue weighted by Gasteiger charge is 2.49. The fraction of sp³-hybridized carbons (Fsp3) is 0.214. The molecule has 3 aromatic rings. The maximum Gasteiger partial charge on any atom is 0.412 e. The monoisotopic (exact) mass is 593 g/mol. The number of amides is 3. The third-order valence-corrected chi connectivity index (χ3v) is 8.87. The van der Waals surface area contributed by atoms with Crippen LogP contribution in [0.5, 0.6) is 0 Å². The highest BCUT2D eigenvalue weighted by Crippen LogP contribution is 2.44. The molecule has 0 bridgehead atoms. The average molecular weight is 594 g/mol. The van der Waals surface area contributed by atoms with E-state index in [4.69, 9.17) is 16.3 Å². The van der Waals surface area contributed by atoms with Crippen LogP contribution in [0.4, 0.5) is 16.2 Å². The third kappa shape index (κ3) is 5.11. The molecular formula is C28H24ClN5O6S. The second-order valence-electron chi connectivity index (χ2n) is 9.99. The summed E-state index contributed by atoms with van der Waals surface area (Å²) in [6.45, 7) is 0.356. The Bertz CT molecular complexity index is 1710. The average Bonchev–Trinajstić information content (AvgIpc) is 3.37. The van der Waals surface area contributed by atoms with Gasteiger partial charge in [-0.2, -0.15) is 8.42 Å². The molecule has 1 saturated heterocycles. The second-order valence-corrected chi connectivity index (χ2v) is 12.0. The third-order valence-electron chi connectivity index (χ3n) is 7.36. The number of carbonyl (C=O) groups excluding carboxylic acids is 3. The van der Waals surface area contributed by atoms with Crippen LogP contribution in [0.25, 0.3) is 0 Å². The lowest BCUT2D eigenvalue weighted by atomic mass is 9.90. The predicted octanol–water partition coefficient (Wildman–Crippen LogP) is 3.51. The number of ether oxygens (including phenoxy) is 1. The van der Waals surface area contributed by atoms with E-state index in [2.05, 4.69) is 20.3 Å². The number of rotatable bonds is 5. The number of carbonyl (C=O) groups is 3. The lowest BCUT2D eigenvalue weighted by Crippen LogP contribution is -2.50. The molecule has 11 nitrogen and oxygen atoms in total. The second kappa shape index (κ2) is 10.2. The molecule has 2 unspecified atom stereocenters. The van der Waals surface area contributed by atoms with Gasteiger partial charge >= 0.3 is 6.09 Å². The molecule has 0 radical (unpaired) electrons. The van der Waals surface area contributed by atoms with Crippen molar-refractivity contribution in [3.05, 3.63) is 88.4 Å². The van der Waals surface area contributed by atoms with Crippen LogP contribution in [-0.4, -0.2) is 56.7 Å². The first-order chi connectivity index (χ1) is 19.6. The van der Waals surface area contributed by atoms with Crippen LogP contribution in [0.1, 0.15) is 27.9 Å². The summed E-state index contributed by atoms with van der Waals surface area (Å²) in [4.78, 5) is 41.1. The van der Waals surface area contributed by atoms with Gasteiger partial charge in [0.05, 0.1) is 17.9 Å². The van der Waals surface area contributed by atoms with Gasteiger partial charge in [-0.25, -0.2) is 4.79 Å². The Kier molecular flexibility index (Phi) is 6.66. The fourth-order valence-corrected chi connectivity index (χ4v) is 6.53. The van der Waals surface area contributed by atoms with Crippen LogP contribution < -0.4 is 16.0 Å². The summed E-state index contributed by atoms with van der Waals surface area (Å²) in [7, 11) is -3.96. The van der Waals surface area contributed by atoms with Crippen molar-refractivity contribution < 1.29 is 27.5 Å². The maximum absolute atomic E-state index is 13.9. The highest BCUT2D eigenvalue weighted by atomic mass is 35.5. The molecule has 0 aliphatic carbocycles. The van der Waals surface area contributed by atoms with Gasteiger partial charge in [0.25, 0.3) is 15.9 Å². The van der Waals surface area contributed by atoms with Gasteiger partial charge in [0.2, 0.25) is 5.91 Å². The van der Waals surface area contributed by atoms with E-state index >= 15 is 0 Å². The largest absolute Gasteiger partial charge is 0.436 e. The van der Waals surface area contributed by atoms with E-state index in [0.717, 1.165) is 11.9 Å². The van der Waals surface area contributed by atoms with Crippen molar-refractivity contribution >= 4 is 57.2 Å². The zero-order valence-corrected chi connectivity index (χ0v) is 23.0. The summed E-state index contributed by atoms with van der Waals surface area (Å²) in [5.41, 5.74) is 1.33. The molecule has 2 atom stereocenters. The Labute approximate surface area is 240 Å². The predicted molar refractivity (Wildman–Crippen MR) is 152 cm³/mol. The minimum atomic E-state index is -3.96. The van der Waals surface area contributed by atoms with Gasteiger partial charge in [-0.1, -0.05) is 41.9 Å². The molecule has 1 spiro atoms. The zero-order chi connectivity index (χ0) is 28.8. The van der Waals surface area contributed by atoms with Gasteiger partial charge in [0.15, 0.2) is 5.60 Å². The molecule has 0 aromatic heterocycles. The number of benzene rings is 3. The summed E-state index contributed by atoms with van der Waals surface area (Å²) in [6, 6.07) is 17.5. The first-order valence-corrected chi connectivity index (χ1v) is 14.6. The van der Waals surface area contributed by atoms with E-state index in [0.29, 0.717) is 28.4 Å². The highest BCUT2D eigenvalue weighted by molar-refractivity contribution is 7.90. The number of fused-ring (bicyclic) bond motifs is 3. The van der Waals surface area contributed by atoms with E-state index < -0.39 is 33.7 Å². The van der Waals surface area contributed by atoms with E-state index in [1.54, 1.807) is 23.1 Å². The summed E-state index contributed by atoms with van der Waals surface area (Å²) in [5, 5.41) is 8.68. The first-order valence-electron chi connectivity index (χ1n) is 12.8. The lowest BCUT2D eigenvalue weighted by Gasteiger charge is -2.35. The molecule has 1 fully saturated rings. The van der Waals surface area contributed by atoms with Crippen molar-refractivity contribution in [2.45, 2.75) is 29.4 Å². The lowest BCUT2D eigenvalue weighted by molar-refractivity contribution is -0.133. The Balaban J connectivity index is 1.28. The first kappa shape index (κ1) is 26.8. The SMILES string of the molecule is O=C1Nc2ccc(Cl)cc2C2(CCN(C(=O)C(Cc3ccccc3)NC(=O)c3ccc4c(c3)S(=O)(=O)N=CN4)C2)O1. The standard InChI is InChI=1S/C28H24ClN5O6S/c29-19-7-9-21-20(14-19)28(40-27(37)33-21)10-11-34(15-28)26(36)23(12-17-4-2-1-3-5-17)32-25(35)18-6-8-22-24(13-18)41(38,39)31-16-30-22/h1-9,13-14,16,23H,10-12,15H2,(H,30,31)(H,32,35)(H,33,37). The normalized spacial score (nSPS) is 20.7. The number of halogens is 1. The number of hydrogen-bond acceptors (Lipinski definition) is 7. The van der Waals surface area contributed by atoms with Gasteiger partial charge in [-0.05, 0) is 42.0 Å². The van der Waals surface area contributed by atoms with Crippen molar-refractivity contribution in [3.8, 4) is 0 Å². The van der Waals surface area contributed by atoms with E-state index in [-0.39, 0.29) is 35.9 Å². The van der Waals surface area contributed by atoms with Crippen molar-refractivity contribution in [1.82, 2.24) is 10.2 Å². The minimum Gasteiger partial charge on any atom is -0.436 e. The number of likely N-dealkylation sites (tertiary alicyclic amines) is 1. The van der Waals surface area contributed by atoms with Crippen molar-refractivity contribution in [1.29, 1.82) is 0 Å². The maximum atomic E-state index is 13.9. The van der Waals surface area contributed by atoms with Crippen LogP contribution in [0, 0.1) is 0 Å². The Hall–Kier alpha value is -4.42. The summed E-state index contributed by atoms with van der Waals surface area (Å²) >= 11 is 6.25. The Morgan fingerprint density at radius 1 is 1.10 bits per heavy atom. The molecule has 3 aromatic carbocycles. The van der Waals surface area contributed by atoms with Gasteiger partial charge < -0.3 is 20.3 Å². The van der Waals surface area contributed by atoms with E-state index in [1.165, 1.54) is 18.2 Å². The van der Waals surface area contributed by atoms with Gasteiger partial charge in [-0.15, -0.1) is 4.40 Å². The quantitative estimate of drug-likeness (QED) is 0.410. The molecule has 6 rings (SSSR count). The molecule has 3 heterocycles. The molecule has 3 amide bonds. The van der Waals surface area contributed by atoms with Crippen molar-refractivity contribution in [3.63, 3.8) is 0 Å². The van der Waals surface area contributed by atoms with E-state index in [1.807, 2.05) is 30.3 Å². The molecule has 210 valence electrons. The molecule has 41 heavy (non-hydrogen) atoms. The summed E-state index contributed by atoms with van der Waals surface area (Å²) in [6.07, 6.45) is 0.987. The van der Waals surface area contributed by atoms with Crippen molar-refractivity contribution in [2.75, 3.05) is 23.7 Å². The Morgan fingerprint density at radius 3 is 2.68 bits per heavy atom. The molecule has 3 aliphatic rings. The minimum absolute atomic E-state index is 0.0610. The van der Waals surface area contributed by atoms with E-state index in [9.17, 15) is 22.8 Å². The number of nitrogens with zero attached hydrogens (tertiary/aromatic N) is 2. The summed E-state index contributed by atoms with van der Waals surface area (Å²) < 4.78 is 34.0. The number of nitrogens with one attached hydrogen (secondary N) is 3. The van der Waals surface area contributed by atoms with Crippen LogP contribution in [0.15, 0.2) is 76.0 Å². The molecule has 13 heteroatoms.